The number of hydrogen-bond donors (Lipinski definition) is 1. The molecule has 0 aliphatic heterocycles. The van der Waals surface area contributed by atoms with Crippen LogP contribution in [-0.2, 0) is 11.3 Å². The lowest BCUT2D eigenvalue weighted by atomic mass is 10.3. The molecule has 0 fully saturated rings. The van der Waals surface area contributed by atoms with Crippen LogP contribution < -0.4 is 15.0 Å². The first kappa shape index (κ1) is 16.8. The first-order valence-corrected chi connectivity index (χ1v) is 8.34. The van der Waals surface area contributed by atoms with E-state index in [-0.39, 0.29) is 12.5 Å². The van der Waals surface area contributed by atoms with Gasteiger partial charge >= 0.3 is 0 Å². The van der Waals surface area contributed by atoms with Crippen LogP contribution in [0.25, 0.3) is 5.69 Å². The Morgan fingerprint density at radius 2 is 2.28 bits per heavy atom. The third kappa shape index (κ3) is 4.51. The number of nitrogens with zero attached hydrogens (tertiary/aromatic N) is 6. The highest BCUT2D eigenvalue weighted by atomic mass is 32.1. The average molecular weight is 359 g/mol. The third-order valence-electron chi connectivity index (χ3n) is 3.19. The Labute approximate surface area is 148 Å². The second kappa shape index (κ2) is 7.71. The number of anilines is 1. The molecule has 9 nitrogen and oxygen atoms in total. The summed E-state index contributed by atoms with van der Waals surface area (Å²) in [5.41, 5.74) is 1.57. The molecule has 0 aliphatic rings. The minimum absolute atomic E-state index is 0.0796. The van der Waals surface area contributed by atoms with Gasteiger partial charge < -0.3 is 15.0 Å². The number of carbonyl (C=O) groups is 1. The van der Waals surface area contributed by atoms with Gasteiger partial charge in [-0.1, -0.05) is 6.07 Å². The van der Waals surface area contributed by atoms with Crippen LogP contribution in [0.4, 0.5) is 5.13 Å². The number of hydrogen-bond acceptors (Lipinski definition) is 8. The van der Waals surface area contributed by atoms with Crippen LogP contribution in [0, 0.1) is 0 Å². The van der Waals surface area contributed by atoms with E-state index >= 15 is 0 Å². The number of thiazole rings is 1. The molecular weight excluding hydrogens is 342 g/mol. The molecule has 130 valence electrons. The van der Waals surface area contributed by atoms with Gasteiger partial charge in [-0.05, 0) is 22.6 Å². The van der Waals surface area contributed by atoms with Gasteiger partial charge in [-0.15, -0.1) is 16.4 Å². The summed E-state index contributed by atoms with van der Waals surface area (Å²) in [6.45, 7) is 0.293. The minimum atomic E-state index is -0.216. The van der Waals surface area contributed by atoms with Crippen molar-refractivity contribution < 1.29 is 9.53 Å². The standard InChI is InChI=1S/C15H17N7O2S/c1-21(2)15-18-11(9-25-15)7-16-14(23)8-24-13-5-3-4-12(6-13)22-10-17-19-20-22/h3-6,9-10H,7-8H2,1-2H3,(H,16,23). The first-order valence-electron chi connectivity index (χ1n) is 7.46. The molecule has 10 heteroatoms. The molecule has 3 aromatic rings. The van der Waals surface area contributed by atoms with E-state index in [1.54, 1.807) is 12.1 Å². The second-order valence-corrected chi connectivity index (χ2v) is 6.17. The zero-order valence-electron chi connectivity index (χ0n) is 13.8. The number of ether oxygens (including phenoxy) is 1. The largest absolute Gasteiger partial charge is 0.484 e. The summed E-state index contributed by atoms with van der Waals surface area (Å²) in [7, 11) is 3.86. The van der Waals surface area contributed by atoms with Gasteiger partial charge in [-0.3, -0.25) is 4.79 Å². The van der Waals surface area contributed by atoms with Gasteiger partial charge in [0.25, 0.3) is 5.91 Å². The molecule has 2 aromatic heterocycles. The van der Waals surface area contributed by atoms with E-state index in [0.717, 1.165) is 16.5 Å². The fourth-order valence-corrected chi connectivity index (χ4v) is 2.73. The molecule has 0 aliphatic carbocycles. The fourth-order valence-electron chi connectivity index (χ4n) is 1.97. The SMILES string of the molecule is CN(C)c1nc(CNC(=O)COc2cccc(-n3cnnn3)c2)cs1. The van der Waals surface area contributed by atoms with E-state index in [4.69, 9.17) is 4.74 Å². The van der Waals surface area contributed by atoms with Crippen LogP contribution in [0.15, 0.2) is 36.0 Å². The average Bonchev–Trinajstić information content (AvgIpc) is 3.30. The predicted molar refractivity (Wildman–Crippen MR) is 92.9 cm³/mol. The maximum absolute atomic E-state index is 11.9. The third-order valence-corrected chi connectivity index (χ3v) is 4.25. The number of amides is 1. The van der Waals surface area contributed by atoms with Crippen molar-refractivity contribution in [1.82, 2.24) is 30.5 Å². The molecule has 0 atom stereocenters. The number of rotatable bonds is 7. The van der Waals surface area contributed by atoms with Crippen LogP contribution >= 0.6 is 11.3 Å². The lowest BCUT2D eigenvalue weighted by molar-refractivity contribution is -0.123. The Morgan fingerprint density at radius 3 is 3.00 bits per heavy atom. The monoisotopic (exact) mass is 359 g/mol. The van der Waals surface area contributed by atoms with E-state index in [1.165, 1.54) is 22.3 Å². The number of benzene rings is 1. The van der Waals surface area contributed by atoms with Crippen molar-refractivity contribution in [1.29, 1.82) is 0 Å². The Hall–Kier alpha value is -3.01. The van der Waals surface area contributed by atoms with Crippen LogP contribution in [0.1, 0.15) is 5.69 Å². The smallest absolute Gasteiger partial charge is 0.258 e. The summed E-state index contributed by atoms with van der Waals surface area (Å²) in [6, 6.07) is 7.18. The van der Waals surface area contributed by atoms with E-state index in [0.29, 0.717) is 12.3 Å². The summed E-state index contributed by atoms with van der Waals surface area (Å²) in [5, 5.41) is 16.6. The van der Waals surface area contributed by atoms with Gasteiger partial charge in [-0.2, -0.15) is 0 Å². The van der Waals surface area contributed by atoms with Crippen molar-refractivity contribution in [3.05, 3.63) is 41.7 Å². The van der Waals surface area contributed by atoms with Crippen molar-refractivity contribution in [2.75, 3.05) is 25.6 Å². The summed E-state index contributed by atoms with van der Waals surface area (Å²) >= 11 is 1.53. The van der Waals surface area contributed by atoms with Gasteiger partial charge in [0, 0.05) is 25.5 Å². The van der Waals surface area contributed by atoms with Crippen LogP contribution in [0.3, 0.4) is 0 Å². The summed E-state index contributed by atoms with van der Waals surface area (Å²) in [6.07, 6.45) is 1.49. The molecule has 0 saturated carbocycles. The normalized spacial score (nSPS) is 10.5. The maximum atomic E-state index is 11.9. The molecule has 0 spiro atoms. The Kier molecular flexibility index (Phi) is 5.19. The summed E-state index contributed by atoms with van der Waals surface area (Å²) < 4.78 is 7.03. The number of tetrazole rings is 1. The van der Waals surface area contributed by atoms with Crippen molar-refractivity contribution in [2.45, 2.75) is 6.54 Å². The highest BCUT2D eigenvalue weighted by molar-refractivity contribution is 7.13. The van der Waals surface area contributed by atoms with Crippen LogP contribution in [0.2, 0.25) is 0 Å². The molecule has 0 unspecified atom stereocenters. The highest BCUT2D eigenvalue weighted by Crippen LogP contribution is 2.18. The number of aromatic nitrogens is 5. The Morgan fingerprint density at radius 1 is 1.40 bits per heavy atom. The van der Waals surface area contributed by atoms with Crippen molar-refractivity contribution in [2.24, 2.45) is 0 Å². The second-order valence-electron chi connectivity index (χ2n) is 5.33. The zero-order valence-corrected chi connectivity index (χ0v) is 14.6. The van der Waals surface area contributed by atoms with E-state index < -0.39 is 0 Å². The minimum Gasteiger partial charge on any atom is -0.484 e. The van der Waals surface area contributed by atoms with Crippen molar-refractivity contribution in [3.8, 4) is 11.4 Å². The topological polar surface area (TPSA) is 98.1 Å². The number of carbonyl (C=O) groups excluding carboxylic acids is 1. The molecule has 3 rings (SSSR count). The highest BCUT2D eigenvalue weighted by Gasteiger charge is 2.07. The van der Waals surface area contributed by atoms with Crippen molar-refractivity contribution in [3.63, 3.8) is 0 Å². The van der Waals surface area contributed by atoms with Gasteiger partial charge in [-0.25, -0.2) is 9.67 Å². The quantitative estimate of drug-likeness (QED) is 0.669. The molecular formula is C15H17N7O2S. The lowest BCUT2D eigenvalue weighted by Gasteiger charge is -2.08. The number of nitrogens with one attached hydrogen (secondary N) is 1. The Balaban J connectivity index is 1.49. The maximum Gasteiger partial charge on any atom is 0.258 e. The van der Waals surface area contributed by atoms with E-state index in [1.807, 2.05) is 36.5 Å². The summed E-state index contributed by atoms with van der Waals surface area (Å²) in [5.74, 6) is 0.346. The zero-order chi connectivity index (χ0) is 17.6. The predicted octanol–water partition coefficient (Wildman–Crippen LogP) is 0.880. The molecule has 2 heterocycles. The van der Waals surface area contributed by atoms with Crippen LogP contribution in [0.5, 0.6) is 5.75 Å². The van der Waals surface area contributed by atoms with Crippen LogP contribution in [-0.4, -0.2) is 51.8 Å². The molecule has 1 amide bonds. The first-order chi connectivity index (χ1) is 12.1. The van der Waals surface area contributed by atoms with Crippen molar-refractivity contribution >= 4 is 22.4 Å². The molecule has 0 bridgehead atoms. The molecule has 25 heavy (non-hydrogen) atoms. The van der Waals surface area contributed by atoms with E-state index in [9.17, 15) is 4.79 Å². The Bertz CT molecular complexity index is 832. The summed E-state index contributed by atoms with van der Waals surface area (Å²) in [4.78, 5) is 18.3. The molecule has 1 aromatic carbocycles. The molecule has 1 N–H and O–H groups in total. The fraction of sp³-hybridized carbons (Fsp3) is 0.267. The van der Waals surface area contributed by atoms with Gasteiger partial charge in [0.15, 0.2) is 11.7 Å². The van der Waals surface area contributed by atoms with Gasteiger partial charge in [0.2, 0.25) is 0 Å². The van der Waals surface area contributed by atoms with Gasteiger partial charge in [0.05, 0.1) is 17.9 Å². The molecule has 0 radical (unpaired) electrons. The lowest BCUT2D eigenvalue weighted by Crippen LogP contribution is -2.28. The van der Waals surface area contributed by atoms with E-state index in [2.05, 4.69) is 25.8 Å². The molecule has 0 saturated heterocycles. The van der Waals surface area contributed by atoms with Gasteiger partial charge in [0.1, 0.15) is 12.1 Å².